The van der Waals surface area contributed by atoms with Gasteiger partial charge in [0.2, 0.25) is 0 Å². The SMILES string of the molecule is Cc1cccc(-n2nc([N+](=O)[O-])c(=N[C@H](C)CCc3ccccc3)n2O)c1. The summed E-state index contributed by atoms with van der Waals surface area (Å²) in [6, 6.07) is 16.9. The van der Waals surface area contributed by atoms with Crippen LogP contribution in [0.3, 0.4) is 0 Å². The third-order valence-corrected chi connectivity index (χ3v) is 4.20. The van der Waals surface area contributed by atoms with Gasteiger partial charge in [0, 0.05) is 0 Å². The zero-order valence-electron chi connectivity index (χ0n) is 15.2. The molecular weight excluding hydrogens is 346 g/mol. The average molecular weight is 367 g/mol. The van der Waals surface area contributed by atoms with Crippen LogP contribution in [0.25, 0.3) is 5.69 Å². The summed E-state index contributed by atoms with van der Waals surface area (Å²) >= 11 is 0. The van der Waals surface area contributed by atoms with Crippen molar-refractivity contribution in [2.75, 3.05) is 0 Å². The topological polar surface area (TPSA) is 98.5 Å². The summed E-state index contributed by atoms with van der Waals surface area (Å²) in [5, 5.41) is 25.8. The molecule has 0 aliphatic heterocycles. The number of hydrogen-bond donors (Lipinski definition) is 1. The van der Waals surface area contributed by atoms with E-state index < -0.39 is 10.7 Å². The van der Waals surface area contributed by atoms with Crippen LogP contribution in [0.15, 0.2) is 59.6 Å². The lowest BCUT2D eigenvalue weighted by Crippen LogP contribution is -2.24. The molecule has 8 nitrogen and oxygen atoms in total. The first kappa shape index (κ1) is 18.4. The molecule has 0 saturated heterocycles. The van der Waals surface area contributed by atoms with E-state index in [0.717, 1.165) is 16.8 Å². The lowest BCUT2D eigenvalue weighted by molar-refractivity contribution is -0.391. The van der Waals surface area contributed by atoms with Gasteiger partial charge in [-0.1, -0.05) is 47.3 Å². The van der Waals surface area contributed by atoms with E-state index in [2.05, 4.69) is 10.1 Å². The molecule has 0 aliphatic carbocycles. The molecular formula is C19H21N5O3. The minimum Gasteiger partial charge on any atom is -0.409 e. The normalized spacial score (nSPS) is 12.9. The van der Waals surface area contributed by atoms with Crippen molar-refractivity contribution < 1.29 is 10.1 Å². The van der Waals surface area contributed by atoms with Gasteiger partial charge in [-0.05, 0) is 59.7 Å². The molecule has 3 rings (SSSR count). The summed E-state index contributed by atoms with van der Waals surface area (Å²) in [4.78, 5) is 16.8. The Hall–Kier alpha value is -3.42. The number of aryl methyl sites for hydroxylation is 2. The van der Waals surface area contributed by atoms with Crippen molar-refractivity contribution in [3.05, 3.63) is 81.3 Å². The van der Waals surface area contributed by atoms with E-state index >= 15 is 0 Å². The number of nitro groups is 1. The third kappa shape index (κ3) is 4.22. The highest BCUT2D eigenvalue weighted by molar-refractivity contribution is 5.34. The van der Waals surface area contributed by atoms with E-state index in [1.807, 2.05) is 50.2 Å². The molecule has 0 aliphatic rings. The fourth-order valence-corrected chi connectivity index (χ4v) is 2.80. The monoisotopic (exact) mass is 367 g/mol. The zero-order chi connectivity index (χ0) is 19.4. The number of hydrogen-bond acceptors (Lipinski definition) is 5. The van der Waals surface area contributed by atoms with Crippen molar-refractivity contribution in [2.24, 2.45) is 4.99 Å². The molecule has 3 aromatic rings. The first-order valence-corrected chi connectivity index (χ1v) is 8.66. The van der Waals surface area contributed by atoms with Gasteiger partial charge in [0.05, 0.1) is 11.1 Å². The fraction of sp³-hybridized carbons (Fsp3) is 0.263. The Kier molecular flexibility index (Phi) is 5.35. The van der Waals surface area contributed by atoms with Crippen molar-refractivity contribution in [1.29, 1.82) is 0 Å². The van der Waals surface area contributed by atoms with Gasteiger partial charge >= 0.3 is 5.82 Å². The van der Waals surface area contributed by atoms with Crippen LogP contribution in [-0.4, -0.2) is 30.9 Å². The quantitative estimate of drug-likeness (QED) is 0.411. The van der Waals surface area contributed by atoms with Crippen molar-refractivity contribution in [1.82, 2.24) is 14.7 Å². The van der Waals surface area contributed by atoms with Crippen LogP contribution in [0.2, 0.25) is 0 Å². The summed E-state index contributed by atoms with van der Waals surface area (Å²) in [6.45, 7) is 3.75. The smallest absolute Gasteiger partial charge is 0.409 e. The van der Waals surface area contributed by atoms with Gasteiger partial charge in [-0.3, -0.25) is 4.99 Å². The summed E-state index contributed by atoms with van der Waals surface area (Å²) in [6.07, 6.45) is 1.48. The maximum atomic E-state index is 11.4. The second kappa shape index (κ2) is 7.86. The summed E-state index contributed by atoms with van der Waals surface area (Å²) < 4.78 is 0. The minimum atomic E-state index is -0.637. The Morgan fingerprint density at radius 1 is 1.22 bits per heavy atom. The van der Waals surface area contributed by atoms with Crippen LogP contribution in [0.1, 0.15) is 24.5 Å². The highest BCUT2D eigenvalue weighted by Crippen LogP contribution is 2.11. The van der Waals surface area contributed by atoms with Crippen molar-refractivity contribution in [3.8, 4) is 5.69 Å². The van der Waals surface area contributed by atoms with E-state index in [0.29, 0.717) is 17.0 Å². The van der Waals surface area contributed by atoms with E-state index in [-0.39, 0.29) is 11.5 Å². The molecule has 140 valence electrons. The van der Waals surface area contributed by atoms with Crippen LogP contribution >= 0.6 is 0 Å². The lowest BCUT2D eigenvalue weighted by atomic mass is 10.1. The molecule has 0 saturated carbocycles. The Labute approximate surface area is 156 Å². The Morgan fingerprint density at radius 2 is 1.96 bits per heavy atom. The predicted octanol–water partition coefficient (Wildman–Crippen LogP) is 3.05. The molecule has 0 spiro atoms. The maximum absolute atomic E-state index is 11.4. The first-order valence-electron chi connectivity index (χ1n) is 8.66. The van der Waals surface area contributed by atoms with Crippen LogP contribution in [-0.2, 0) is 6.42 Å². The second-order valence-electron chi connectivity index (χ2n) is 6.42. The minimum absolute atomic E-state index is 0.165. The first-order chi connectivity index (χ1) is 13.0. The summed E-state index contributed by atoms with van der Waals surface area (Å²) in [5.74, 6) is -0.481. The largest absolute Gasteiger partial charge is 0.438 e. The molecule has 27 heavy (non-hydrogen) atoms. The fourth-order valence-electron chi connectivity index (χ4n) is 2.80. The maximum Gasteiger partial charge on any atom is 0.438 e. The standard InChI is InChI=1S/C19H21N5O3/c1-14-7-6-10-17(13-14)22-21-19(24(26)27)18(23(22)25)20-15(2)11-12-16-8-4-3-5-9-16/h3-10,13,15,25H,11-12H2,1-2H3/t15-/m1/s1. The van der Waals surface area contributed by atoms with E-state index in [4.69, 9.17) is 0 Å². The Bertz CT molecular complexity index is 1010. The van der Waals surface area contributed by atoms with Gasteiger partial charge in [0.15, 0.2) is 0 Å². The number of benzene rings is 2. The molecule has 0 radical (unpaired) electrons. The number of rotatable bonds is 6. The highest BCUT2D eigenvalue weighted by Gasteiger charge is 2.24. The highest BCUT2D eigenvalue weighted by atomic mass is 16.6. The molecule has 0 bridgehead atoms. The third-order valence-electron chi connectivity index (χ3n) is 4.20. The van der Waals surface area contributed by atoms with E-state index in [1.165, 1.54) is 5.56 Å². The predicted molar refractivity (Wildman–Crippen MR) is 99.9 cm³/mol. The number of aromatic nitrogens is 3. The van der Waals surface area contributed by atoms with Gasteiger partial charge < -0.3 is 15.3 Å². The van der Waals surface area contributed by atoms with E-state index in [9.17, 15) is 15.3 Å². The molecule has 1 heterocycles. The van der Waals surface area contributed by atoms with Gasteiger partial charge in [-0.2, -0.15) is 0 Å². The molecule has 1 N–H and O–H groups in total. The van der Waals surface area contributed by atoms with Crippen LogP contribution in [0, 0.1) is 17.0 Å². The van der Waals surface area contributed by atoms with Crippen LogP contribution < -0.4 is 5.49 Å². The van der Waals surface area contributed by atoms with Crippen LogP contribution in [0.4, 0.5) is 5.82 Å². The van der Waals surface area contributed by atoms with E-state index in [1.54, 1.807) is 18.2 Å². The summed E-state index contributed by atoms with van der Waals surface area (Å²) in [7, 11) is 0. The van der Waals surface area contributed by atoms with Crippen molar-refractivity contribution in [2.45, 2.75) is 32.7 Å². The summed E-state index contributed by atoms with van der Waals surface area (Å²) in [5.41, 5.74) is 2.46. The van der Waals surface area contributed by atoms with Gasteiger partial charge in [-0.15, -0.1) is 0 Å². The molecule has 2 aromatic carbocycles. The van der Waals surface area contributed by atoms with Gasteiger partial charge in [-0.25, -0.2) is 0 Å². The molecule has 0 fully saturated rings. The van der Waals surface area contributed by atoms with Crippen molar-refractivity contribution in [3.63, 3.8) is 0 Å². The van der Waals surface area contributed by atoms with Gasteiger partial charge in [0.25, 0.3) is 5.49 Å². The van der Waals surface area contributed by atoms with Crippen LogP contribution in [0.5, 0.6) is 0 Å². The Morgan fingerprint density at radius 3 is 2.63 bits per heavy atom. The second-order valence-corrected chi connectivity index (χ2v) is 6.42. The van der Waals surface area contributed by atoms with Crippen molar-refractivity contribution >= 4 is 5.82 Å². The average Bonchev–Trinajstić information content (AvgIpc) is 2.98. The molecule has 0 unspecified atom stereocenters. The number of nitrogens with zero attached hydrogens (tertiary/aromatic N) is 5. The molecule has 8 heteroatoms. The van der Waals surface area contributed by atoms with Gasteiger partial charge in [0.1, 0.15) is 5.69 Å². The Balaban J connectivity index is 1.93. The lowest BCUT2D eigenvalue weighted by Gasteiger charge is -2.06. The molecule has 1 aromatic heterocycles. The molecule has 0 amide bonds. The zero-order valence-corrected chi connectivity index (χ0v) is 15.2. The molecule has 1 atom stereocenters.